The number of nitrogens with zero attached hydrogens (tertiary/aromatic N) is 5. The third-order valence-corrected chi connectivity index (χ3v) is 5.91. The quantitative estimate of drug-likeness (QED) is 0.240. The normalized spacial score (nSPS) is 10.8. The van der Waals surface area contributed by atoms with Crippen molar-refractivity contribution in [3.8, 4) is 22.6 Å². The number of amides is 1. The Kier molecular flexibility index (Phi) is 6.84. The van der Waals surface area contributed by atoms with Crippen LogP contribution in [0.1, 0.15) is 11.1 Å². The number of carbonyl (C=O) groups excluding carboxylic acids is 1. The van der Waals surface area contributed by atoms with Crippen LogP contribution in [0.2, 0.25) is 0 Å². The number of aromatic nitrogens is 4. The minimum atomic E-state index is -0.440. The zero-order chi connectivity index (χ0) is 25.6. The van der Waals surface area contributed by atoms with Crippen molar-refractivity contribution in [1.82, 2.24) is 24.9 Å². The minimum Gasteiger partial charge on any atom is -0.355 e. The topological polar surface area (TPSA) is 108 Å². The van der Waals surface area contributed by atoms with Crippen LogP contribution in [0.25, 0.3) is 22.6 Å². The smallest absolute Gasteiger partial charge is 0.269 e. The van der Waals surface area contributed by atoms with Gasteiger partial charge in [-0.2, -0.15) is 10.2 Å². The van der Waals surface area contributed by atoms with Crippen molar-refractivity contribution >= 4 is 11.6 Å². The molecule has 5 aromatic rings. The molecule has 0 aliphatic heterocycles. The number of non-ortho nitro benzene ring substituents is 1. The summed E-state index contributed by atoms with van der Waals surface area (Å²) in [5.41, 5.74) is 4.90. The summed E-state index contributed by atoms with van der Waals surface area (Å²) in [4.78, 5) is 23.5. The molecule has 2 aromatic heterocycles. The van der Waals surface area contributed by atoms with E-state index in [2.05, 4.69) is 10.4 Å². The molecular weight excluding hydrogens is 468 g/mol. The largest absolute Gasteiger partial charge is 0.355 e. The fourth-order valence-electron chi connectivity index (χ4n) is 4.03. The summed E-state index contributed by atoms with van der Waals surface area (Å²) in [5, 5.41) is 23.1. The molecule has 0 saturated carbocycles. The van der Waals surface area contributed by atoms with Gasteiger partial charge in [-0.05, 0) is 48.4 Å². The summed E-state index contributed by atoms with van der Waals surface area (Å²) in [6.07, 6.45) is 6.36. The highest BCUT2D eigenvalue weighted by Gasteiger charge is 2.17. The lowest BCUT2D eigenvalue weighted by molar-refractivity contribution is -0.384. The van der Waals surface area contributed by atoms with Gasteiger partial charge in [0.15, 0.2) is 0 Å². The summed E-state index contributed by atoms with van der Waals surface area (Å²) in [6, 6.07) is 25.6. The molecule has 2 heterocycles. The molecule has 0 aliphatic rings. The third kappa shape index (κ3) is 5.62. The van der Waals surface area contributed by atoms with Crippen LogP contribution < -0.4 is 5.32 Å². The zero-order valence-electron chi connectivity index (χ0n) is 19.9. The van der Waals surface area contributed by atoms with Crippen LogP contribution >= 0.6 is 0 Å². The molecule has 0 radical (unpaired) electrons. The maximum atomic E-state index is 12.8. The van der Waals surface area contributed by atoms with Gasteiger partial charge in [-0.3, -0.25) is 14.9 Å². The molecule has 1 amide bonds. The second-order valence-electron chi connectivity index (χ2n) is 8.49. The van der Waals surface area contributed by atoms with Gasteiger partial charge >= 0.3 is 0 Å². The fourth-order valence-corrected chi connectivity index (χ4v) is 4.03. The molecule has 0 bridgehead atoms. The Morgan fingerprint density at radius 2 is 1.51 bits per heavy atom. The summed E-state index contributed by atoms with van der Waals surface area (Å²) in [7, 11) is 0. The molecule has 0 aliphatic carbocycles. The number of nitrogens with one attached hydrogen (secondary N) is 1. The molecule has 0 fully saturated rings. The monoisotopic (exact) mass is 492 g/mol. The van der Waals surface area contributed by atoms with Crippen molar-refractivity contribution in [2.75, 3.05) is 6.54 Å². The second kappa shape index (κ2) is 10.7. The van der Waals surface area contributed by atoms with Gasteiger partial charge in [-0.15, -0.1) is 0 Å². The van der Waals surface area contributed by atoms with E-state index in [9.17, 15) is 14.9 Å². The molecule has 0 spiro atoms. The van der Waals surface area contributed by atoms with Gasteiger partial charge in [0.1, 0.15) is 0 Å². The van der Waals surface area contributed by atoms with Crippen LogP contribution in [0.4, 0.5) is 5.69 Å². The zero-order valence-corrected chi connectivity index (χ0v) is 19.9. The number of para-hydroxylation sites is 2. The van der Waals surface area contributed by atoms with Crippen molar-refractivity contribution in [2.45, 2.75) is 12.8 Å². The van der Waals surface area contributed by atoms with Gasteiger partial charge in [0.2, 0.25) is 5.91 Å². The van der Waals surface area contributed by atoms with E-state index in [1.54, 1.807) is 23.0 Å². The van der Waals surface area contributed by atoms with E-state index in [1.165, 1.54) is 12.1 Å². The lowest BCUT2D eigenvalue weighted by Gasteiger charge is -2.05. The molecule has 9 heteroatoms. The lowest BCUT2D eigenvalue weighted by Crippen LogP contribution is -2.27. The van der Waals surface area contributed by atoms with Crippen molar-refractivity contribution in [3.63, 3.8) is 0 Å². The summed E-state index contributed by atoms with van der Waals surface area (Å²) in [6.45, 7) is 0.471. The van der Waals surface area contributed by atoms with Gasteiger partial charge in [-0.1, -0.05) is 36.4 Å². The summed E-state index contributed by atoms with van der Waals surface area (Å²) < 4.78 is 3.53. The second-order valence-corrected chi connectivity index (χ2v) is 8.49. The number of nitro benzene ring substituents is 1. The molecule has 0 unspecified atom stereocenters. The average Bonchev–Trinajstić information content (AvgIpc) is 3.57. The van der Waals surface area contributed by atoms with Crippen LogP contribution in [0.5, 0.6) is 0 Å². The average molecular weight is 493 g/mol. The Hall–Kier alpha value is -5.05. The summed E-state index contributed by atoms with van der Waals surface area (Å²) in [5.74, 6) is -0.133. The molecule has 1 N–H and O–H groups in total. The fraction of sp³-hybridized carbons (Fsp3) is 0.107. The van der Waals surface area contributed by atoms with Crippen LogP contribution in [0, 0.1) is 10.1 Å². The number of benzene rings is 3. The molecule has 184 valence electrons. The van der Waals surface area contributed by atoms with Crippen molar-refractivity contribution in [1.29, 1.82) is 0 Å². The van der Waals surface area contributed by atoms with E-state index >= 15 is 0 Å². The van der Waals surface area contributed by atoms with Crippen molar-refractivity contribution < 1.29 is 9.72 Å². The van der Waals surface area contributed by atoms with E-state index < -0.39 is 4.92 Å². The van der Waals surface area contributed by atoms with E-state index in [-0.39, 0.29) is 18.0 Å². The van der Waals surface area contributed by atoms with Gasteiger partial charge in [0.05, 0.1) is 34.6 Å². The lowest BCUT2D eigenvalue weighted by atomic mass is 10.1. The molecule has 3 aromatic carbocycles. The van der Waals surface area contributed by atoms with Gasteiger partial charge in [-0.25, -0.2) is 9.36 Å². The highest BCUT2D eigenvalue weighted by atomic mass is 16.6. The Balaban J connectivity index is 1.28. The van der Waals surface area contributed by atoms with Gasteiger partial charge in [0, 0.05) is 42.2 Å². The van der Waals surface area contributed by atoms with Crippen LogP contribution in [-0.4, -0.2) is 36.9 Å². The summed E-state index contributed by atoms with van der Waals surface area (Å²) >= 11 is 0. The van der Waals surface area contributed by atoms with Crippen molar-refractivity contribution in [3.05, 3.63) is 125 Å². The van der Waals surface area contributed by atoms with Crippen molar-refractivity contribution in [2.24, 2.45) is 0 Å². The highest BCUT2D eigenvalue weighted by Crippen LogP contribution is 2.26. The number of hydrogen-bond donors (Lipinski definition) is 1. The first-order chi connectivity index (χ1) is 18.1. The number of hydrogen-bond acceptors (Lipinski definition) is 5. The van der Waals surface area contributed by atoms with Crippen LogP contribution in [0.3, 0.4) is 0 Å². The minimum absolute atomic E-state index is 0.00104. The Morgan fingerprint density at radius 3 is 2.16 bits per heavy atom. The SMILES string of the molecule is O=C(Cc1cn(-c2ccccc2)nc1-c1ccc([N+](=O)[O-])cc1)NCCc1cnn(-c2ccccc2)c1. The Bertz CT molecular complexity index is 1510. The standard InChI is InChI=1S/C28H24N6O3/c35-27(29-16-15-21-18-30-32(19-21)24-7-3-1-4-8-24)17-23-20-33(25-9-5-2-6-10-25)31-28(23)22-11-13-26(14-12-22)34(36)37/h1-14,18-20H,15-17H2,(H,29,35). The number of nitro groups is 1. The third-order valence-electron chi connectivity index (χ3n) is 5.91. The molecule has 0 saturated heterocycles. The molecule has 5 rings (SSSR count). The van der Waals surface area contributed by atoms with Gasteiger partial charge < -0.3 is 5.32 Å². The van der Waals surface area contributed by atoms with Crippen LogP contribution in [-0.2, 0) is 17.6 Å². The number of rotatable bonds is 9. The first-order valence-electron chi connectivity index (χ1n) is 11.8. The van der Waals surface area contributed by atoms with E-state index in [0.29, 0.717) is 24.2 Å². The Labute approximate surface area is 213 Å². The van der Waals surface area contributed by atoms with E-state index in [0.717, 1.165) is 22.5 Å². The number of carbonyl (C=O) groups is 1. The van der Waals surface area contributed by atoms with E-state index in [4.69, 9.17) is 5.10 Å². The predicted octanol–water partition coefficient (Wildman–Crippen LogP) is 4.53. The Morgan fingerprint density at radius 1 is 0.865 bits per heavy atom. The molecule has 37 heavy (non-hydrogen) atoms. The first-order valence-corrected chi connectivity index (χ1v) is 11.8. The predicted molar refractivity (Wildman–Crippen MR) is 140 cm³/mol. The molecule has 0 atom stereocenters. The first kappa shape index (κ1) is 23.7. The van der Waals surface area contributed by atoms with Gasteiger partial charge in [0.25, 0.3) is 5.69 Å². The van der Waals surface area contributed by atoms with E-state index in [1.807, 2.05) is 77.7 Å². The maximum absolute atomic E-state index is 12.8. The van der Waals surface area contributed by atoms with Crippen LogP contribution in [0.15, 0.2) is 104 Å². The molecular formula is C28H24N6O3. The molecule has 9 nitrogen and oxygen atoms in total. The highest BCUT2D eigenvalue weighted by molar-refractivity contribution is 5.81. The maximum Gasteiger partial charge on any atom is 0.269 e.